The van der Waals surface area contributed by atoms with Crippen LogP contribution in [0.25, 0.3) is 0 Å². The molecule has 4 saturated heterocycles. The lowest BCUT2D eigenvalue weighted by atomic mass is 10.0. The van der Waals surface area contributed by atoms with E-state index < -0.39 is 0 Å². The van der Waals surface area contributed by atoms with Gasteiger partial charge in [0.25, 0.3) is 17.7 Å². The van der Waals surface area contributed by atoms with E-state index in [1.807, 2.05) is 80.9 Å². The van der Waals surface area contributed by atoms with Gasteiger partial charge < -0.3 is 75.0 Å². The minimum atomic E-state index is -0.185. The van der Waals surface area contributed by atoms with Crippen molar-refractivity contribution in [1.82, 2.24) is 59.6 Å². The first kappa shape index (κ1) is 70.3. The molecule has 3 amide bonds. The van der Waals surface area contributed by atoms with Crippen LogP contribution in [0.2, 0.25) is 0 Å². The van der Waals surface area contributed by atoms with Gasteiger partial charge in [0, 0.05) is 161 Å². The largest absolute Gasteiger partial charge is 0.393 e. The number of anilines is 18. The molecule has 6 aromatic heterocycles. The Labute approximate surface area is 612 Å². The quantitative estimate of drug-likeness (QED) is 0.0992. The highest BCUT2D eigenvalue weighted by molar-refractivity contribution is 7.17. The van der Waals surface area contributed by atoms with Crippen molar-refractivity contribution < 1.29 is 19.5 Å². The zero-order chi connectivity index (χ0) is 72.1. The predicted octanol–water partition coefficient (Wildman–Crippen LogP) is 10.3. The zero-order valence-corrected chi connectivity index (χ0v) is 62.8. The average Bonchev–Trinajstić information content (AvgIpc) is 1.64. The van der Waals surface area contributed by atoms with E-state index in [4.69, 9.17) is 15.0 Å². The van der Waals surface area contributed by atoms with Gasteiger partial charge in [-0.1, -0.05) is 0 Å². The maximum absolute atomic E-state index is 13.0. The van der Waals surface area contributed by atoms with Crippen molar-refractivity contribution in [3.8, 4) is 0 Å². The number of aliphatic hydroxyl groups excluding tert-OH is 1. The number of amides is 3. The van der Waals surface area contributed by atoms with Gasteiger partial charge in [0.05, 0.1) is 39.7 Å². The Bertz CT molecular complexity index is 4410. The fourth-order valence-electron chi connectivity index (χ4n) is 13.9. The molecule has 16 rings (SSSR count). The number of nitrogens with zero attached hydrogens (tertiary/aromatic N) is 21. The van der Waals surface area contributed by atoms with Crippen molar-refractivity contribution in [1.29, 1.82) is 0 Å². The van der Waals surface area contributed by atoms with Gasteiger partial charge in [0.2, 0.25) is 17.8 Å². The highest BCUT2D eigenvalue weighted by atomic mass is 32.1. The number of piperidine rings is 2. The summed E-state index contributed by atoms with van der Waals surface area (Å²) in [6.07, 6.45) is 8.90. The van der Waals surface area contributed by atoms with Crippen LogP contribution in [-0.2, 0) is 0 Å². The number of benzene rings is 3. The monoisotopic (exact) mass is 1450 g/mol. The van der Waals surface area contributed by atoms with Gasteiger partial charge in [0.15, 0.2) is 34.5 Å². The number of aromatic nitrogens is 9. The van der Waals surface area contributed by atoms with Gasteiger partial charge in [0.1, 0.15) is 32.1 Å². The van der Waals surface area contributed by atoms with E-state index in [-0.39, 0.29) is 23.8 Å². The summed E-state index contributed by atoms with van der Waals surface area (Å²) in [6, 6.07) is 23.8. The van der Waals surface area contributed by atoms with Crippen LogP contribution < -0.4 is 60.0 Å². The number of aryl methyl sites for hydroxylation is 4. The van der Waals surface area contributed by atoms with Crippen LogP contribution >= 0.6 is 34.0 Å². The van der Waals surface area contributed by atoms with E-state index in [1.165, 1.54) is 84.4 Å². The number of likely N-dealkylation sites (N-methyl/N-ethyl adjacent to an activating group) is 2. The number of carbonyl (C=O) groups excluding carboxylic acids is 3. The minimum Gasteiger partial charge on any atom is -0.393 e. The maximum Gasteiger partial charge on any atom is 0.279 e. The number of rotatable bonds is 10. The molecule has 0 atom stereocenters. The molecular formula is C72H88N24O4S3. The second-order valence-electron chi connectivity index (χ2n) is 27.2. The lowest BCUT2D eigenvalue weighted by molar-refractivity contribution is 0.0982. The Kier molecular flexibility index (Phi) is 20.2. The summed E-state index contributed by atoms with van der Waals surface area (Å²) >= 11 is 4.45. The van der Waals surface area contributed by atoms with Gasteiger partial charge in [-0.15, -0.1) is 34.0 Å². The van der Waals surface area contributed by atoms with Crippen LogP contribution in [0.1, 0.15) is 77.7 Å². The average molecular weight is 1450 g/mol. The van der Waals surface area contributed by atoms with E-state index in [0.29, 0.717) is 75.5 Å². The number of aliphatic hydroxyl groups is 1. The van der Waals surface area contributed by atoms with Crippen molar-refractivity contribution in [3.63, 3.8) is 0 Å². The summed E-state index contributed by atoms with van der Waals surface area (Å²) < 4.78 is 0. The summed E-state index contributed by atoms with van der Waals surface area (Å²) in [6.45, 7) is 20.7. The van der Waals surface area contributed by atoms with Crippen LogP contribution in [-0.4, -0.2) is 229 Å². The smallest absolute Gasteiger partial charge is 0.279 e. The first-order valence-electron chi connectivity index (χ1n) is 34.8. The molecule has 0 unspecified atom stereocenters. The van der Waals surface area contributed by atoms with Crippen LogP contribution in [0.15, 0.2) is 85.3 Å². The Morgan fingerprint density at radius 3 is 1.15 bits per heavy atom. The molecule has 4 fully saturated rings. The SMILES string of the molecule is Cc1nc2c(s1)N(C)c1nc(Nc3ccc(N4CCC(N5CCN(C)CC5)CC4)cc3C)ncc1N(C)C2=O.Cc1nc2c(s1)N(C)c1nc(Nc3ccc(N4CCC(O)CC4)cc3)ncc1N(C)C2=O.Cc1nc2c(s1)N(C)c1nc(Nc3ccc(N4CCN(C)CC4)cc3)ncc1N(C)C2=O. The van der Waals surface area contributed by atoms with Crippen LogP contribution in [0, 0.1) is 27.7 Å². The Morgan fingerprint density at radius 2 is 0.748 bits per heavy atom. The Hall–Kier alpha value is -9.76. The lowest BCUT2D eigenvalue weighted by Crippen LogP contribution is -2.52. The number of hydrogen-bond acceptors (Lipinski definition) is 28. The molecule has 3 aromatic carbocycles. The van der Waals surface area contributed by atoms with Gasteiger partial charge in [-0.2, -0.15) is 15.0 Å². The van der Waals surface area contributed by atoms with Crippen molar-refractivity contribution in [2.45, 2.75) is 65.5 Å². The van der Waals surface area contributed by atoms with Crippen molar-refractivity contribution >= 4 is 153 Å². The van der Waals surface area contributed by atoms with E-state index in [9.17, 15) is 19.5 Å². The molecule has 9 aromatic rings. The highest BCUT2D eigenvalue weighted by Gasteiger charge is 2.36. The van der Waals surface area contributed by atoms with Crippen molar-refractivity contribution in [2.24, 2.45) is 0 Å². The molecule has 538 valence electrons. The maximum atomic E-state index is 13.0. The number of carbonyl (C=O) groups is 3. The normalized spacial score (nSPS) is 17.6. The molecule has 7 aliphatic rings. The number of thiazole rings is 3. The number of piperazine rings is 2. The van der Waals surface area contributed by atoms with Crippen molar-refractivity contribution in [3.05, 3.63) is 123 Å². The zero-order valence-electron chi connectivity index (χ0n) is 60.3. The number of hydrogen-bond donors (Lipinski definition) is 4. The van der Waals surface area contributed by atoms with Gasteiger partial charge in [-0.05, 0) is 140 Å². The molecule has 0 aliphatic carbocycles. The van der Waals surface area contributed by atoms with Gasteiger partial charge in [-0.3, -0.25) is 19.3 Å². The summed E-state index contributed by atoms with van der Waals surface area (Å²) in [5, 5.41) is 24.6. The van der Waals surface area contributed by atoms with Crippen molar-refractivity contribution in [2.75, 3.05) is 195 Å². The topological polar surface area (TPSA) is 262 Å². The summed E-state index contributed by atoms with van der Waals surface area (Å²) in [5.74, 6) is 2.93. The van der Waals surface area contributed by atoms with Crippen LogP contribution in [0.5, 0.6) is 0 Å². The summed E-state index contributed by atoms with van der Waals surface area (Å²) in [5.41, 5.74) is 10.8. The summed E-state index contributed by atoms with van der Waals surface area (Å²) in [7, 11) is 15.3. The first-order valence-corrected chi connectivity index (χ1v) is 37.3. The number of fused-ring (bicyclic) bond motifs is 6. The molecule has 0 spiro atoms. The Balaban J connectivity index is 0.000000132. The van der Waals surface area contributed by atoms with Crippen LogP contribution in [0.4, 0.5) is 101 Å². The van der Waals surface area contributed by atoms with E-state index >= 15 is 0 Å². The van der Waals surface area contributed by atoms with Crippen LogP contribution in [0.3, 0.4) is 0 Å². The molecule has 0 bridgehead atoms. The second kappa shape index (κ2) is 29.5. The summed E-state index contributed by atoms with van der Waals surface area (Å²) in [4.78, 5) is 105. The molecule has 13 heterocycles. The third kappa shape index (κ3) is 14.7. The number of nitrogens with one attached hydrogen (secondary N) is 3. The highest BCUT2D eigenvalue weighted by Crippen LogP contribution is 2.45. The Morgan fingerprint density at radius 1 is 0.398 bits per heavy atom. The standard InChI is InChI=1S/C28H37N9OS.C22H26N8OS.C22H25N7O2S/c1-18-16-21(36-10-8-20(9-11-36)37-14-12-33(3)13-15-37)6-7-22(18)31-28-29-17-23-25(32-28)35(5)27-24(26(38)34(23)4)30-19(2)39-27;1-14-24-18-20(31)28(3)17-13-23-22(26-19(17)29(4)21(18)32-14)25-15-5-7-16(8-6-15)30-11-9-27(2)10-12-30;1-13-24-18-20(31)27(2)17-12-23-22(26-19(17)28(3)21(18)32-13)25-14-4-6-15(7-5-14)29-10-8-16(30)9-11-29/h6-7,16-17,20H,8-15H2,1-5H3,(H,29,31,32);5-8,13H,9-12H2,1-4H3,(H,23,25,26);4-7,12,16,30H,8-11H2,1-3H3,(H,23,25,26). The fraction of sp³-hybridized carbons (Fsp3) is 0.417. The van der Waals surface area contributed by atoms with E-state index in [1.54, 1.807) is 54.4 Å². The predicted molar refractivity (Wildman–Crippen MR) is 414 cm³/mol. The first-order chi connectivity index (χ1) is 49.6. The second-order valence-corrected chi connectivity index (χ2v) is 30.7. The van der Waals surface area contributed by atoms with Gasteiger partial charge >= 0.3 is 0 Å². The molecule has 0 saturated carbocycles. The van der Waals surface area contributed by atoms with Gasteiger partial charge in [-0.25, -0.2) is 29.9 Å². The van der Waals surface area contributed by atoms with E-state index in [0.717, 1.165) is 124 Å². The fourth-order valence-corrected chi connectivity index (χ4v) is 16.5. The minimum absolute atomic E-state index is 0.150. The molecule has 103 heavy (non-hydrogen) atoms. The third-order valence-corrected chi connectivity index (χ3v) is 23.3. The molecule has 31 heteroatoms. The third-order valence-electron chi connectivity index (χ3n) is 20.2. The lowest BCUT2D eigenvalue weighted by Gasteiger charge is -2.42. The van der Waals surface area contributed by atoms with E-state index in [2.05, 4.69) is 139 Å². The molecular weight excluding hydrogens is 1360 g/mol. The molecule has 7 aliphatic heterocycles. The molecule has 28 nitrogen and oxygen atoms in total. The molecule has 0 radical (unpaired) electrons. The molecule has 4 N–H and O–H groups in total.